The lowest BCUT2D eigenvalue weighted by Crippen LogP contribution is -2.41. The van der Waals surface area contributed by atoms with Gasteiger partial charge in [0.1, 0.15) is 5.78 Å². The maximum Gasteiger partial charge on any atom is 0.489 e. The summed E-state index contributed by atoms with van der Waals surface area (Å²) >= 11 is 0. The van der Waals surface area contributed by atoms with Gasteiger partial charge in [0.25, 0.3) is 0 Å². The minimum Gasteiger partial charge on any atom is -0.402 e. The van der Waals surface area contributed by atoms with Crippen LogP contribution in [0, 0.1) is 0 Å². The van der Waals surface area contributed by atoms with E-state index in [1.807, 2.05) is 27.7 Å². The molecule has 4 unspecified atom stereocenters. The molecule has 0 saturated carbocycles. The summed E-state index contributed by atoms with van der Waals surface area (Å²) in [5, 5.41) is 0. The van der Waals surface area contributed by atoms with Crippen molar-refractivity contribution in [3.05, 3.63) is 0 Å². The largest absolute Gasteiger partial charge is 0.489 e. The van der Waals surface area contributed by atoms with Crippen LogP contribution in [0.3, 0.4) is 0 Å². The summed E-state index contributed by atoms with van der Waals surface area (Å²) in [5.41, 5.74) is -1.17. The fourth-order valence-corrected chi connectivity index (χ4v) is 1.62. The van der Waals surface area contributed by atoms with Gasteiger partial charge in [0, 0.05) is 15.5 Å². The highest BCUT2D eigenvalue weighted by Crippen LogP contribution is 2.38. The topological polar surface area (TPSA) is 44.8 Å². The van der Waals surface area contributed by atoms with E-state index in [0.29, 0.717) is 0 Å². The Morgan fingerprint density at radius 2 is 1.88 bits per heavy atom. The van der Waals surface area contributed by atoms with Gasteiger partial charge in [-0.2, -0.15) is 0 Å². The molecule has 2 rings (SSSR count). The second-order valence-corrected chi connectivity index (χ2v) is 5.10. The average Bonchev–Trinajstić information content (AvgIpc) is 2.50. The van der Waals surface area contributed by atoms with Gasteiger partial charge in [-0.05, 0) is 27.7 Å². The average molecular weight is 229 g/mol. The predicted octanol–water partition coefficient (Wildman–Crippen LogP) is 1.37. The van der Waals surface area contributed by atoms with E-state index in [2.05, 4.69) is 0 Å². The van der Waals surface area contributed by atoms with E-state index < -0.39 is 49.5 Å². The SMILES string of the molecule is [2H]C1OC(B2OC(C)(C)C(C)(C)O2)C([2H])C(=O)C1[2H]. The van der Waals surface area contributed by atoms with E-state index in [1.165, 1.54) is 0 Å². The first-order valence-electron chi connectivity index (χ1n) is 7.11. The molecule has 16 heavy (non-hydrogen) atoms. The van der Waals surface area contributed by atoms with Crippen molar-refractivity contribution >= 4 is 12.9 Å². The van der Waals surface area contributed by atoms with Crippen molar-refractivity contribution in [2.45, 2.75) is 57.7 Å². The number of hydrogen-bond donors (Lipinski definition) is 0. The lowest BCUT2D eigenvalue weighted by Gasteiger charge is -2.32. The molecular formula is C11H19BO4. The molecule has 2 heterocycles. The van der Waals surface area contributed by atoms with Crippen LogP contribution < -0.4 is 0 Å². The van der Waals surface area contributed by atoms with Crippen LogP contribution in [0.2, 0.25) is 0 Å². The van der Waals surface area contributed by atoms with Crippen molar-refractivity contribution < 1.29 is 23.0 Å². The van der Waals surface area contributed by atoms with Crippen molar-refractivity contribution in [3.63, 3.8) is 0 Å². The van der Waals surface area contributed by atoms with Crippen molar-refractivity contribution in [3.8, 4) is 0 Å². The highest BCUT2D eigenvalue weighted by atomic mass is 16.7. The van der Waals surface area contributed by atoms with Gasteiger partial charge in [-0.3, -0.25) is 4.79 Å². The van der Waals surface area contributed by atoms with Crippen LogP contribution in [0.5, 0.6) is 0 Å². The van der Waals surface area contributed by atoms with Gasteiger partial charge in [0.05, 0.1) is 25.2 Å². The van der Waals surface area contributed by atoms with Gasteiger partial charge in [-0.1, -0.05) is 0 Å². The first-order valence-corrected chi connectivity index (χ1v) is 5.38. The zero-order valence-electron chi connectivity index (χ0n) is 13.0. The molecule has 5 heteroatoms. The third-order valence-electron chi connectivity index (χ3n) is 3.34. The summed E-state index contributed by atoms with van der Waals surface area (Å²) in [4.78, 5) is 11.7. The fraction of sp³-hybridized carbons (Fsp3) is 0.909. The molecule has 0 aromatic heterocycles. The van der Waals surface area contributed by atoms with Crippen LogP contribution in [0.4, 0.5) is 0 Å². The van der Waals surface area contributed by atoms with E-state index >= 15 is 0 Å². The number of Topliss-reactive ketones (excluding diaryl/α,β-unsaturated/α-hetero) is 1. The van der Waals surface area contributed by atoms with Crippen LogP contribution in [0.15, 0.2) is 0 Å². The van der Waals surface area contributed by atoms with E-state index in [0.717, 1.165) is 0 Å². The Kier molecular flexibility index (Phi) is 2.07. The zero-order valence-corrected chi connectivity index (χ0v) is 10.0. The van der Waals surface area contributed by atoms with E-state index in [4.69, 9.17) is 18.2 Å². The van der Waals surface area contributed by atoms with E-state index in [-0.39, 0.29) is 0 Å². The Labute approximate surface area is 101 Å². The van der Waals surface area contributed by atoms with Gasteiger partial charge in [0.15, 0.2) is 0 Å². The van der Waals surface area contributed by atoms with Crippen LogP contribution in [0.1, 0.15) is 44.6 Å². The standard InChI is InChI=1S/C11H19BO4/c1-10(2)11(3,4)16-12(15-10)9-7-8(13)5-6-14-9/h9H,5-7H2,1-4H3/i5D,6D,7D. The van der Waals surface area contributed by atoms with Crippen molar-refractivity contribution in [1.82, 2.24) is 0 Å². The lowest BCUT2D eigenvalue weighted by molar-refractivity contribution is -0.126. The molecule has 90 valence electrons. The monoisotopic (exact) mass is 229 g/mol. The number of carbonyl (C=O) groups is 1. The molecule has 0 aromatic carbocycles. The van der Waals surface area contributed by atoms with Crippen molar-refractivity contribution in [2.24, 2.45) is 0 Å². The van der Waals surface area contributed by atoms with Crippen LogP contribution in [-0.2, 0) is 18.8 Å². The Morgan fingerprint density at radius 1 is 1.31 bits per heavy atom. The van der Waals surface area contributed by atoms with Crippen LogP contribution in [0.25, 0.3) is 0 Å². The molecule has 2 fully saturated rings. The number of ketones is 1. The maximum atomic E-state index is 11.7. The highest BCUT2D eigenvalue weighted by Gasteiger charge is 2.54. The number of carbonyl (C=O) groups excluding carboxylic acids is 1. The molecule has 0 spiro atoms. The maximum absolute atomic E-state index is 11.7. The smallest absolute Gasteiger partial charge is 0.402 e. The van der Waals surface area contributed by atoms with Gasteiger partial charge in [-0.15, -0.1) is 0 Å². The first kappa shape index (κ1) is 8.67. The summed E-state index contributed by atoms with van der Waals surface area (Å²) in [6, 6.07) is -0.961. The molecule has 0 N–H and O–H groups in total. The van der Waals surface area contributed by atoms with Gasteiger partial charge >= 0.3 is 7.12 Å². The highest BCUT2D eigenvalue weighted by molar-refractivity contribution is 6.47. The number of ether oxygens (including phenoxy) is 1. The molecule has 2 aliphatic heterocycles. The molecular weight excluding hydrogens is 207 g/mol. The Bertz CT molecular complexity index is 374. The number of hydrogen-bond acceptors (Lipinski definition) is 4. The minimum atomic E-state index is -1.33. The molecule has 4 atom stereocenters. The summed E-state index contributed by atoms with van der Waals surface area (Å²) < 4.78 is 39.6. The molecule has 0 aromatic rings. The summed E-state index contributed by atoms with van der Waals surface area (Å²) in [6.07, 6.45) is -2.58. The normalized spacial score (nSPS) is 49.6. The molecule has 0 amide bonds. The first-order chi connectivity index (χ1) is 8.57. The zero-order chi connectivity index (χ0) is 14.6. The molecule has 0 radical (unpaired) electrons. The Balaban J connectivity index is 2.18. The van der Waals surface area contributed by atoms with E-state index in [1.54, 1.807) is 0 Å². The minimum absolute atomic E-state index is 0.584. The third kappa shape index (κ3) is 2.04. The van der Waals surface area contributed by atoms with Crippen molar-refractivity contribution in [1.29, 1.82) is 0 Å². The molecule has 2 aliphatic rings. The van der Waals surface area contributed by atoms with Crippen molar-refractivity contribution in [2.75, 3.05) is 6.58 Å². The second-order valence-electron chi connectivity index (χ2n) is 5.10. The summed E-state index contributed by atoms with van der Waals surface area (Å²) in [6.45, 7) is 6.16. The van der Waals surface area contributed by atoms with Gasteiger partial charge < -0.3 is 14.0 Å². The second kappa shape index (κ2) is 3.82. The lowest BCUT2D eigenvalue weighted by atomic mass is 9.76. The fourth-order valence-electron chi connectivity index (χ4n) is 1.62. The van der Waals surface area contributed by atoms with Crippen LogP contribution >= 0.6 is 0 Å². The van der Waals surface area contributed by atoms with Gasteiger partial charge in [0.2, 0.25) is 0 Å². The predicted molar refractivity (Wildman–Crippen MR) is 60.1 cm³/mol. The Morgan fingerprint density at radius 3 is 2.44 bits per heavy atom. The van der Waals surface area contributed by atoms with Gasteiger partial charge in [-0.25, -0.2) is 0 Å². The number of rotatable bonds is 1. The molecule has 2 saturated heterocycles. The Hall–Kier alpha value is -0.385. The molecule has 4 nitrogen and oxygen atoms in total. The molecule has 0 bridgehead atoms. The summed E-state index contributed by atoms with van der Waals surface area (Å²) in [5.74, 6) is -0.619. The summed E-state index contributed by atoms with van der Waals surface area (Å²) in [7, 11) is -0.864. The van der Waals surface area contributed by atoms with E-state index in [9.17, 15) is 4.79 Å². The third-order valence-corrected chi connectivity index (χ3v) is 3.34. The molecule has 0 aliphatic carbocycles. The quantitative estimate of drug-likeness (QED) is 0.637. The van der Waals surface area contributed by atoms with Crippen LogP contribution in [-0.4, -0.2) is 36.7 Å².